The number of nitrogens with zero attached hydrogens (tertiary/aromatic N) is 4. The number of amides is 3. The summed E-state index contributed by atoms with van der Waals surface area (Å²) in [5.74, 6) is -0.376. The first kappa shape index (κ1) is 29.0. The third-order valence-corrected chi connectivity index (χ3v) is 8.75. The molecule has 11 heteroatoms. The number of benzene rings is 2. The molecule has 1 aliphatic carbocycles. The number of imidazole rings is 1. The van der Waals surface area contributed by atoms with E-state index < -0.39 is 23.3 Å². The third-order valence-electron chi connectivity index (χ3n) is 8.28. The lowest BCUT2D eigenvalue weighted by Gasteiger charge is -2.36. The molecule has 1 spiro atoms. The molecule has 3 amide bonds. The van der Waals surface area contributed by atoms with E-state index in [1.165, 1.54) is 4.90 Å². The minimum Gasteiger partial charge on any atom is -0.496 e. The van der Waals surface area contributed by atoms with E-state index in [-0.39, 0.29) is 17.6 Å². The van der Waals surface area contributed by atoms with Crippen LogP contribution < -0.4 is 10.2 Å². The number of aromatic nitrogens is 2. The molecule has 2 atom stereocenters. The lowest BCUT2D eigenvalue weighted by atomic mass is 9.86. The van der Waals surface area contributed by atoms with E-state index >= 15 is 0 Å². The second kappa shape index (κ2) is 10.3. The number of rotatable bonds is 5. The van der Waals surface area contributed by atoms with Gasteiger partial charge in [0.05, 0.1) is 30.0 Å². The third kappa shape index (κ3) is 4.12. The summed E-state index contributed by atoms with van der Waals surface area (Å²) >= 11 is 12.8. The molecule has 2 unspecified atom stereocenters. The second-order valence-electron chi connectivity index (χ2n) is 11.4. The Morgan fingerprint density at radius 1 is 1.14 bits per heavy atom. The number of aryl methyl sites for hydroxylation is 1. The van der Waals surface area contributed by atoms with Gasteiger partial charge in [-0.1, -0.05) is 41.4 Å². The van der Waals surface area contributed by atoms with Gasteiger partial charge < -0.3 is 19.5 Å². The molecule has 0 fully saturated rings. The van der Waals surface area contributed by atoms with Crippen molar-refractivity contribution >= 4 is 57.9 Å². The van der Waals surface area contributed by atoms with E-state index in [4.69, 9.17) is 32.9 Å². The summed E-state index contributed by atoms with van der Waals surface area (Å²) in [5, 5.41) is 3.86. The minimum absolute atomic E-state index is 0.0600. The summed E-state index contributed by atoms with van der Waals surface area (Å²) < 4.78 is 7.66. The van der Waals surface area contributed by atoms with Crippen molar-refractivity contribution in [3.63, 3.8) is 0 Å². The number of allylic oxidation sites excluding steroid dienone is 2. The van der Waals surface area contributed by atoms with Crippen LogP contribution in [0.4, 0.5) is 11.4 Å². The van der Waals surface area contributed by atoms with Crippen molar-refractivity contribution in [3.05, 3.63) is 92.7 Å². The molecular weight excluding hydrogens is 589 g/mol. The topological polar surface area (TPSA) is 96.8 Å². The Morgan fingerprint density at radius 3 is 2.51 bits per heavy atom. The van der Waals surface area contributed by atoms with Gasteiger partial charge in [-0.15, -0.1) is 0 Å². The van der Waals surface area contributed by atoms with Gasteiger partial charge in [0.2, 0.25) is 5.91 Å². The Balaban J connectivity index is 1.69. The van der Waals surface area contributed by atoms with Gasteiger partial charge in [0.25, 0.3) is 11.8 Å². The fourth-order valence-electron chi connectivity index (χ4n) is 6.40. The van der Waals surface area contributed by atoms with Crippen molar-refractivity contribution in [3.8, 4) is 0 Å². The van der Waals surface area contributed by atoms with Crippen LogP contribution in [-0.4, -0.2) is 53.4 Å². The SMILES string of the molecule is COC1=CCC(C(=O)N(C)C)C=C1c1nc2c(n1C(C)C)C1(C(=O)Nc3cc(Cl)ccc31)N(c1cc(Cl)ccc1C)C2=O. The van der Waals surface area contributed by atoms with Crippen LogP contribution in [0, 0.1) is 12.8 Å². The largest absolute Gasteiger partial charge is 0.496 e. The molecule has 43 heavy (non-hydrogen) atoms. The predicted molar refractivity (Wildman–Crippen MR) is 166 cm³/mol. The fraction of sp³-hybridized carbons (Fsp3) is 0.312. The summed E-state index contributed by atoms with van der Waals surface area (Å²) in [5.41, 5.74) is 1.88. The number of anilines is 2. The second-order valence-corrected chi connectivity index (χ2v) is 12.3. The minimum atomic E-state index is -1.61. The quantitative estimate of drug-likeness (QED) is 0.380. The first-order valence-electron chi connectivity index (χ1n) is 13.9. The normalized spacial score (nSPS) is 20.7. The van der Waals surface area contributed by atoms with Gasteiger partial charge in [0.15, 0.2) is 11.2 Å². The Hall–Kier alpha value is -4.08. The molecule has 0 bridgehead atoms. The van der Waals surface area contributed by atoms with Crippen LogP contribution in [0.25, 0.3) is 5.57 Å². The van der Waals surface area contributed by atoms with Crippen LogP contribution in [0.1, 0.15) is 59.4 Å². The molecule has 1 aromatic heterocycles. The molecule has 3 aliphatic rings. The Bertz CT molecular complexity index is 1790. The average Bonchev–Trinajstić information content (AvgIpc) is 3.57. The number of halogens is 2. The van der Waals surface area contributed by atoms with E-state index in [0.29, 0.717) is 56.3 Å². The van der Waals surface area contributed by atoms with E-state index in [1.54, 1.807) is 56.4 Å². The molecule has 3 heterocycles. The molecule has 222 valence electrons. The van der Waals surface area contributed by atoms with E-state index in [1.807, 2.05) is 43.6 Å². The maximum absolute atomic E-state index is 14.6. The molecule has 1 N–H and O–H groups in total. The van der Waals surface area contributed by atoms with Gasteiger partial charge in [-0.05, 0) is 63.1 Å². The summed E-state index contributed by atoms with van der Waals surface area (Å²) in [4.78, 5) is 50.0. The van der Waals surface area contributed by atoms with Crippen LogP contribution in [-0.2, 0) is 19.9 Å². The monoisotopic (exact) mass is 619 g/mol. The van der Waals surface area contributed by atoms with Crippen molar-refractivity contribution in [1.29, 1.82) is 0 Å². The van der Waals surface area contributed by atoms with Crippen LogP contribution in [0.15, 0.2) is 54.3 Å². The van der Waals surface area contributed by atoms with Gasteiger partial charge in [0, 0.05) is 41.4 Å². The van der Waals surface area contributed by atoms with Crippen LogP contribution in [0.2, 0.25) is 10.0 Å². The first-order chi connectivity index (χ1) is 20.4. The van der Waals surface area contributed by atoms with Crippen molar-refractivity contribution in [2.24, 2.45) is 5.92 Å². The van der Waals surface area contributed by atoms with Crippen LogP contribution >= 0.6 is 23.2 Å². The van der Waals surface area contributed by atoms with Crippen LogP contribution in [0.3, 0.4) is 0 Å². The van der Waals surface area contributed by atoms with Gasteiger partial charge >= 0.3 is 0 Å². The van der Waals surface area contributed by atoms with Crippen molar-refractivity contribution in [2.45, 2.75) is 38.8 Å². The Kier molecular flexibility index (Phi) is 6.93. The zero-order valence-corrected chi connectivity index (χ0v) is 26.2. The highest BCUT2D eigenvalue weighted by Crippen LogP contribution is 2.55. The van der Waals surface area contributed by atoms with E-state index in [9.17, 15) is 14.4 Å². The highest BCUT2D eigenvalue weighted by Gasteiger charge is 2.64. The molecule has 2 aromatic carbocycles. The molecule has 6 rings (SSSR count). The number of methoxy groups -OCH3 is 1. The van der Waals surface area contributed by atoms with Gasteiger partial charge in [-0.3, -0.25) is 19.3 Å². The molecule has 9 nitrogen and oxygen atoms in total. The Labute approximate surface area is 259 Å². The number of carbonyl (C=O) groups excluding carboxylic acids is 3. The highest BCUT2D eigenvalue weighted by molar-refractivity contribution is 6.32. The summed E-state index contributed by atoms with van der Waals surface area (Å²) in [7, 11) is 4.99. The lowest BCUT2D eigenvalue weighted by Crippen LogP contribution is -2.51. The number of hydrogen-bond donors (Lipinski definition) is 1. The van der Waals surface area contributed by atoms with Gasteiger partial charge in [-0.25, -0.2) is 4.98 Å². The van der Waals surface area contributed by atoms with E-state index in [0.717, 1.165) is 5.56 Å². The van der Waals surface area contributed by atoms with Gasteiger partial charge in [0.1, 0.15) is 11.6 Å². The molecule has 0 saturated carbocycles. The van der Waals surface area contributed by atoms with Crippen molar-refractivity contribution < 1.29 is 19.1 Å². The maximum Gasteiger partial charge on any atom is 0.280 e. The van der Waals surface area contributed by atoms with Crippen molar-refractivity contribution in [2.75, 3.05) is 31.4 Å². The molecule has 3 aromatic rings. The van der Waals surface area contributed by atoms with Crippen molar-refractivity contribution in [1.82, 2.24) is 14.5 Å². The highest BCUT2D eigenvalue weighted by atomic mass is 35.5. The number of carbonyl (C=O) groups is 3. The Morgan fingerprint density at radius 2 is 1.84 bits per heavy atom. The zero-order chi connectivity index (χ0) is 31.0. The summed E-state index contributed by atoms with van der Waals surface area (Å²) in [6.07, 6.45) is 4.17. The maximum atomic E-state index is 14.6. The van der Waals surface area contributed by atoms with Crippen LogP contribution in [0.5, 0.6) is 0 Å². The smallest absolute Gasteiger partial charge is 0.280 e. The summed E-state index contributed by atoms with van der Waals surface area (Å²) in [6, 6.07) is 10.2. The number of fused-ring (bicyclic) bond motifs is 4. The van der Waals surface area contributed by atoms with E-state index in [2.05, 4.69) is 5.32 Å². The molecular formula is C32H31Cl2N5O4. The number of ether oxygens (including phenoxy) is 1. The fourth-order valence-corrected chi connectivity index (χ4v) is 6.74. The molecule has 2 aliphatic heterocycles. The molecule has 0 radical (unpaired) electrons. The lowest BCUT2D eigenvalue weighted by molar-refractivity contribution is -0.131. The number of hydrogen-bond acceptors (Lipinski definition) is 5. The zero-order valence-electron chi connectivity index (χ0n) is 24.7. The summed E-state index contributed by atoms with van der Waals surface area (Å²) in [6.45, 7) is 5.80. The predicted octanol–water partition coefficient (Wildman–Crippen LogP) is 5.96. The van der Waals surface area contributed by atoms with Gasteiger partial charge in [-0.2, -0.15) is 0 Å². The first-order valence-corrected chi connectivity index (χ1v) is 14.7. The standard InChI is InChI=1S/C32H31Cl2N5O4/c1-16(2)38-27-26(36-28(38)21-13-18(29(40)37(4)5)8-12-25(21)43-6)30(41)39(24-15-20(34)9-7-17(24)3)32(27)22-11-10-19(33)14-23(22)35-31(32)42/h7,9-16,18H,8H2,1-6H3,(H,35,42). The average molecular weight is 621 g/mol. The number of nitrogens with one attached hydrogen (secondary N) is 1. The molecule has 0 saturated heterocycles.